The molecule has 31 heavy (non-hydrogen) atoms. The molecule has 0 saturated heterocycles. The molecule has 1 aliphatic rings. The van der Waals surface area contributed by atoms with Crippen molar-refractivity contribution in [3.8, 4) is 0 Å². The van der Waals surface area contributed by atoms with E-state index in [0.717, 1.165) is 44.4 Å². The molecule has 0 radical (unpaired) electrons. The van der Waals surface area contributed by atoms with Crippen molar-refractivity contribution in [2.24, 2.45) is 0 Å². The molecule has 9 heteroatoms. The first-order valence-electron chi connectivity index (χ1n) is 9.54. The number of H-pyrrole nitrogens is 1. The molecular formula is C22H20BrFN6O. The van der Waals surface area contributed by atoms with Crippen molar-refractivity contribution in [2.75, 3.05) is 17.7 Å². The van der Waals surface area contributed by atoms with E-state index in [4.69, 9.17) is 0 Å². The number of aromatic nitrogens is 4. The van der Waals surface area contributed by atoms with E-state index in [1.54, 1.807) is 23.0 Å². The fourth-order valence-corrected chi connectivity index (χ4v) is 3.83. The monoisotopic (exact) mass is 482 g/mol. The van der Waals surface area contributed by atoms with Crippen LogP contribution in [-0.2, 0) is 4.79 Å². The molecule has 1 atom stereocenters. The zero-order chi connectivity index (χ0) is 22.0. The normalized spacial score (nSPS) is 15.0. The molecule has 7 nitrogen and oxygen atoms in total. The van der Waals surface area contributed by atoms with Gasteiger partial charge in [-0.2, -0.15) is 10.2 Å². The Hall–Kier alpha value is -3.46. The number of halogens is 2. The van der Waals surface area contributed by atoms with Crippen LogP contribution in [0.15, 0.2) is 70.6 Å². The third-order valence-electron chi connectivity index (χ3n) is 5.07. The van der Waals surface area contributed by atoms with Crippen molar-refractivity contribution in [2.45, 2.75) is 13.0 Å². The summed E-state index contributed by atoms with van der Waals surface area (Å²) in [5.41, 5.74) is 4.34. The Morgan fingerprint density at radius 2 is 1.97 bits per heavy atom. The molecule has 0 amide bonds. The number of allylic oxidation sites excluding steroid dienone is 2. The van der Waals surface area contributed by atoms with Crippen molar-refractivity contribution in [3.05, 3.63) is 82.0 Å². The van der Waals surface area contributed by atoms with E-state index in [1.165, 1.54) is 12.1 Å². The largest absolute Gasteiger partial charge is 0.388 e. The number of carbonyl (C=O) groups excluding carboxylic acids is 1. The van der Waals surface area contributed by atoms with Gasteiger partial charge >= 0.3 is 0 Å². The third-order valence-corrected chi connectivity index (χ3v) is 5.65. The van der Waals surface area contributed by atoms with Gasteiger partial charge in [0.25, 0.3) is 0 Å². The van der Waals surface area contributed by atoms with Crippen molar-refractivity contribution in [1.82, 2.24) is 20.0 Å². The molecule has 1 unspecified atom stereocenters. The lowest BCUT2D eigenvalue weighted by molar-refractivity contribution is -0.105. The Morgan fingerprint density at radius 3 is 2.68 bits per heavy atom. The van der Waals surface area contributed by atoms with Crippen molar-refractivity contribution in [3.63, 3.8) is 0 Å². The minimum absolute atomic E-state index is 0.307. The lowest BCUT2D eigenvalue weighted by atomic mass is 9.96. The Kier molecular flexibility index (Phi) is 5.85. The maximum absolute atomic E-state index is 13.1. The molecule has 3 N–H and O–H groups in total. The quantitative estimate of drug-likeness (QED) is 0.362. The SMILES string of the molecule is CC1=C(C=O)C(c2ccc(F)cc2)n2ncc(Br)c2N1.CNc1ccc2[nH]ncc2c1. The average molecular weight is 483 g/mol. The molecule has 2 aromatic heterocycles. The van der Waals surface area contributed by atoms with Crippen LogP contribution in [0.25, 0.3) is 10.9 Å². The number of benzene rings is 2. The summed E-state index contributed by atoms with van der Waals surface area (Å²) >= 11 is 3.42. The first kappa shape index (κ1) is 20.8. The molecule has 4 aromatic rings. The number of rotatable bonds is 3. The molecule has 158 valence electrons. The highest BCUT2D eigenvalue weighted by Gasteiger charge is 2.29. The van der Waals surface area contributed by atoms with E-state index in [9.17, 15) is 9.18 Å². The van der Waals surface area contributed by atoms with Gasteiger partial charge in [0.2, 0.25) is 0 Å². The molecule has 0 fully saturated rings. The predicted octanol–water partition coefficient (Wildman–Crippen LogP) is 4.88. The van der Waals surface area contributed by atoms with Crippen molar-refractivity contribution < 1.29 is 9.18 Å². The van der Waals surface area contributed by atoms with Gasteiger partial charge in [-0.3, -0.25) is 9.89 Å². The minimum Gasteiger partial charge on any atom is -0.388 e. The highest BCUT2D eigenvalue weighted by Crippen LogP contribution is 2.37. The van der Waals surface area contributed by atoms with Crippen LogP contribution in [0.2, 0.25) is 0 Å². The molecule has 5 rings (SSSR count). The summed E-state index contributed by atoms with van der Waals surface area (Å²) in [5.74, 6) is 0.473. The predicted molar refractivity (Wildman–Crippen MR) is 122 cm³/mol. The molecular weight excluding hydrogens is 463 g/mol. The summed E-state index contributed by atoms with van der Waals surface area (Å²) in [6, 6.07) is 11.8. The number of hydrogen-bond acceptors (Lipinski definition) is 5. The van der Waals surface area contributed by atoms with Crippen LogP contribution in [0.3, 0.4) is 0 Å². The molecule has 0 bridgehead atoms. The first-order chi connectivity index (χ1) is 15.0. The summed E-state index contributed by atoms with van der Waals surface area (Å²) < 4.78 is 15.6. The summed E-state index contributed by atoms with van der Waals surface area (Å²) in [6.45, 7) is 1.84. The maximum atomic E-state index is 13.1. The number of hydrogen-bond donors (Lipinski definition) is 3. The van der Waals surface area contributed by atoms with Gasteiger partial charge in [-0.25, -0.2) is 9.07 Å². The second-order valence-corrected chi connectivity index (χ2v) is 7.84. The number of aldehydes is 1. The van der Waals surface area contributed by atoms with Crippen LogP contribution in [0, 0.1) is 5.82 Å². The number of aromatic amines is 1. The Bertz CT molecular complexity index is 1260. The number of fused-ring (bicyclic) bond motifs is 2. The van der Waals surface area contributed by atoms with Gasteiger partial charge in [0.15, 0.2) is 0 Å². The molecule has 0 spiro atoms. The Labute approximate surface area is 186 Å². The van der Waals surface area contributed by atoms with Crippen LogP contribution < -0.4 is 10.6 Å². The molecule has 2 aromatic carbocycles. The number of carbonyl (C=O) groups is 1. The lowest BCUT2D eigenvalue weighted by Crippen LogP contribution is -2.25. The summed E-state index contributed by atoms with van der Waals surface area (Å²) in [4.78, 5) is 11.4. The maximum Gasteiger partial charge on any atom is 0.150 e. The van der Waals surface area contributed by atoms with Crippen LogP contribution >= 0.6 is 15.9 Å². The van der Waals surface area contributed by atoms with Crippen LogP contribution in [0.1, 0.15) is 18.5 Å². The molecule has 1 aliphatic heterocycles. The zero-order valence-corrected chi connectivity index (χ0v) is 18.4. The summed E-state index contributed by atoms with van der Waals surface area (Å²) in [7, 11) is 1.90. The van der Waals surface area contributed by atoms with Gasteiger partial charge in [-0.1, -0.05) is 12.1 Å². The Morgan fingerprint density at radius 1 is 1.19 bits per heavy atom. The highest BCUT2D eigenvalue weighted by atomic mass is 79.9. The number of anilines is 2. The highest BCUT2D eigenvalue weighted by molar-refractivity contribution is 9.10. The van der Waals surface area contributed by atoms with Crippen LogP contribution in [0.4, 0.5) is 15.9 Å². The van der Waals surface area contributed by atoms with Crippen LogP contribution in [0.5, 0.6) is 0 Å². The van der Waals surface area contributed by atoms with E-state index in [2.05, 4.69) is 47.9 Å². The topological polar surface area (TPSA) is 87.6 Å². The minimum atomic E-state index is -0.351. The lowest BCUT2D eigenvalue weighted by Gasteiger charge is -2.28. The van der Waals surface area contributed by atoms with E-state index in [1.807, 2.05) is 32.3 Å². The van der Waals surface area contributed by atoms with Crippen molar-refractivity contribution >= 4 is 44.6 Å². The van der Waals surface area contributed by atoms with Gasteiger partial charge in [-0.15, -0.1) is 0 Å². The summed E-state index contributed by atoms with van der Waals surface area (Å²) in [6.07, 6.45) is 4.30. The van der Waals surface area contributed by atoms with Gasteiger partial charge < -0.3 is 10.6 Å². The second-order valence-electron chi connectivity index (χ2n) is 6.98. The fraction of sp³-hybridized carbons (Fsp3) is 0.136. The zero-order valence-electron chi connectivity index (χ0n) is 16.9. The van der Waals surface area contributed by atoms with E-state index < -0.39 is 0 Å². The van der Waals surface area contributed by atoms with Crippen LogP contribution in [-0.4, -0.2) is 33.3 Å². The van der Waals surface area contributed by atoms with E-state index in [-0.39, 0.29) is 11.9 Å². The van der Waals surface area contributed by atoms with E-state index in [0.29, 0.717) is 5.57 Å². The third kappa shape index (κ3) is 4.09. The van der Waals surface area contributed by atoms with Gasteiger partial charge in [-0.05, 0) is 58.7 Å². The average Bonchev–Trinajstić information content (AvgIpc) is 3.40. The number of nitrogens with one attached hydrogen (secondary N) is 3. The fourth-order valence-electron chi connectivity index (χ4n) is 3.46. The Balaban J connectivity index is 0.000000177. The standard InChI is InChI=1S/C14H11BrFN3O.C8H9N3/c1-8-11(7-20)13(9-2-4-10(16)5-3-9)19-14(18-8)12(15)6-17-19;1-9-7-2-3-8-6(4-7)5-10-11-8/h2-7,13,18H,1H3;2-5,9H,1H3,(H,10,11). The molecule has 0 aliphatic carbocycles. The smallest absolute Gasteiger partial charge is 0.150 e. The first-order valence-corrected chi connectivity index (χ1v) is 10.3. The summed E-state index contributed by atoms with van der Waals surface area (Å²) in [5, 5.41) is 18.5. The molecule has 3 heterocycles. The van der Waals surface area contributed by atoms with Crippen molar-refractivity contribution in [1.29, 1.82) is 0 Å². The number of nitrogens with zero attached hydrogens (tertiary/aromatic N) is 3. The second kappa shape index (κ2) is 8.73. The van der Waals surface area contributed by atoms with Gasteiger partial charge in [0, 0.05) is 29.4 Å². The molecule has 0 saturated carbocycles. The van der Waals surface area contributed by atoms with E-state index >= 15 is 0 Å². The van der Waals surface area contributed by atoms with Gasteiger partial charge in [0.05, 0.1) is 22.4 Å². The van der Waals surface area contributed by atoms with Gasteiger partial charge in [0.1, 0.15) is 24.0 Å².